The summed E-state index contributed by atoms with van der Waals surface area (Å²) in [4.78, 5) is 7.95. The van der Waals surface area contributed by atoms with Crippen LogP contribution in [0.25, 0.3) is 10.8 Å². The number of aromatic nitrogens is 1. The van der Waals surface area contributed by atoms with Crippen LogP contribution in [0.2, 0.25) is 0 Å². The number of nitrogens with zero attached hydrogens (tertiary/aromatic N) is 2. The van der Waals surface area contributed by atoms with E-state index in [0.717, 1.165) is 12.5 Å². The summed E-state index contributed by atoms with van der Waals surface area (Å²) in [6.07, 6.45) is 7.19. The molecular formula is C23H28N2S. The summed E-state index contributed by atoms with van der Waals surface area (Å²) in [5.41, 5.74) is 2.74. The Hall–Kier alpha value is -1.84. The zero-order valence-corrected chi connectivity index (χ0v) is 16.8. The van der Waals surface area contributed by atoms with Gasteiger partial charge < -0.3 is 0 Å². The first-order valence-corrected chi connectivity index (χ1v) is 10.5. The fraction of sp³-hybridized carbons (Fsp3) is 0.348. The molecule has 1 aliphatic heterocycles. The number of likely N-dealkylation sites (tertiary alicyclic amines) is 1. The average molecular weight is 365 g/mol. The van der Waals surface area contributed by atoms with Crippen molar-refractivity contribution >= 4 is 22.5 Å². The molecule has 0 radical (unpaired) electrons. The van der Waals surface area contributed by atoms with Gasteiger partial charge in [0.2, 0.25) is 0 Å². The van der Waals surface area contributed by atoms with Gasteiger partial charge in [0.15, 0.2) is 0 Å². The SMILES string of the molecule is CSc1ccc(CN2CC[C@@H](C)C2)cc1.Cc1ccc2cnccc2c1. The molecule has 2 nitrogen and oxygen atoms in total. The third-order valence-electron chi connectivity index (χ3n) is 4.87. The van der Waals surface area contributed by atoms with Crippen molar-refractivity contribution in [1.29, 1.82) is 0 Å². The molecule has 1 atom stereocenters. The first kappa shape index (κ1) is 18.9. The van der Waals surface area contributed by atoms with E-state index in [2.05, 4.69) is 72.5 Å². The molecule has 2 heterocycles. The molecule has 26 heavy (non-hydrogen) atoms. The van der Waals surface area contributed by atoms with Gasteiger partial charge in [-0.15, -0.1) is 11.8 Å². The molecule has 0 bridgehead atoms. The lowest BCUT2D eigenvalue weighted by molar-refractivity contribution is 0.320. The lowest BCUT2D eigenvalue weighted by Crippen LogP contribution is -2.19. The maximum absolute atomic E-state index is 4.04. The van der Waals surface area contributed by atoms with Crippen LogP contribution in [-0.2, 0) is 6.54 Å². The van der Waals surface area contributed by atoms with Crippen molar-refractivity contribution in [3.63, 3.8) is 0 Å². The standard InChI is InChI=1S/C13H19NS.C10H9N/c1-11-7-8-14(9-11)10-12-3-5-13(15-2)6-4-12;1-8-2-3-10-7-11-5-4-9(10)6-8/h3-6,11H,7-10H2,1-2H3;2-7H,1H3/t11-;/m1./s1. The van der Waals surface area contributed by atoms with Gasteiger partial charge in [0, 0.05) is 35.8 Å². The maximum Gasteiger partial charge on any atom is 0.0346 e. The third kappa shape index (κ3) is 5.33. The average Bonchev–Trinajstić information content (AvgIpc) is 3.07. The molecule has 136 valence electrons. The Balaban J connectivity index is 0.000000158. The Morgan fingerprint density at radius 2 is 1.88 bits per heavy atom. The molecule has 0 spiro atoms. The Morgan fingerprint density at radius 3 is 2.58 bits per heavy atom. The summed E-state index contributed by atoms with van der Waals surface area (Å²) in [6.45, 7) is 8.10. The fourth-order valence-corrected chi connectivity index (χ4v) is 3.77. The topological polar surface area (TPSA) is 16.1 Å². The summed E-state index contributed by atoms with van der Waals surface area (Å²) in [5.74, 6) is 0.885. The highest BCUT2D eigenvalue weighted by Crippen LogP contribution is 2.20. The smallest absolute Gasteiger partial charge is 0.0346 e. The van der Waals surface area contributed by atoms with Crippen LogP contribution >= 0.6 is 11.8 Å². The number of benzene rings is 2. The van der Waals surface area contributed by atoms with Gasteiger partial charge >= 0.3 is 0 Å². The minimum atomic E-state index is 0.885. The Morgan fingerprint density at radius 1 is 1.08 bits per heavy atom. The van der Waals surface area contributed by atoms with Crippen LogP contribution in [0.15, 0.2) is 65.8 Å². The van der Waals surface area contributed by atoms with Gasteiger partial charge in [-0.2, -0.15) is 0 Å². The number of pyridine rings is 1. The monoisotopic (exact) mass is 364 g/mol. The summed E-state index contributed by atoms with van der Waals surface area (Å²) in [5, 5.41) is 2.47. The Bertz CT molecular complexity index is 829. The lowest BCUT2D eigenvalue weighted by atomic mass is 10.1. The van der Waals surface area contributed by atoms with Gasteiger partial charge in [0.25, 0.3) is 0 Å². The van der Waals surface area contributed by atoms with Gasteiger partial charge in [-0.3, -0.25) is 9.88 Å². The fourth-order valence-electron chi connectivity index (χ4n) is 3.36. The van der Waals surface area contributed by atoms with Crippen LogP contribution in [0.1, 0.15) is 24.5 Å². The van der Waals surface area contributed by atoms with Crippen LogP contribution in [-0.4, -0.2) is 29.2 Å². The summed E-state index contributed by atoms with van der Waals surface area (Å²) >= 11 is 1.81. The van der Waals surface area contributed by atoms with Crippen molar-refractivity contribution < 1.29 is 0 Å². The number of hydrogen-bond donors (Lipinski definition) is 0. The van der Waals surface area contributed by atoms with Crippen LogP contribution in [0, 0.1) is 12.8 Å². The Labute approximate surface area is 161 Å². The van der Waals surface area contributed by atoms with Crippen LogP contribution < -0.4 is 0 Å². The van der Waals surface area contributed by atoms with Crippen LogP contribution in [0.3, 0.4) is 0 Å². The largest absolute Gasteiger partial charge is 0.299 e. The van der Waals surface area contributed by atoms with E-state index in [-0.39, 0.29) is 0 Å². The molecule has 0 aliphatic carbocycles. The lowest BCUT2D eigenvalue weighted by Gasteiger charge is -2.15. The normalized spacial score (nSPS) is 17.1. The number of hydrogen-bond acceptors (Lipinski definition) is 3. The molecule has 1 aliphatic rings. The molecule has 0 N–H and O–H groups in total. The van der Waals surface area contributed by atoms with Gasteiger partial charge in [-0.1, -0.05) is 42.8 Å². The first-order chi connectivity index (χ1) is 12.6. The van der Waals surface area contributed by atoms with Crippen LogP contribution in [0.5, 0.6) is 0 Å². The van der Waals surface area contributed by atoms with E-state index in [1.807, 2.05) is 30.2 Å². The molecule has 4 rings (SSSR count). The van der Waals surface area contributed by atoms with E-state index in [1.165, 1.54) is 46.3 Å². The van der Waals surface area contributed by atoms with E-state index in [9.17, 15) is 0 Å². The maximum atomic E-state index is 4.04. The van der Waals surface area contributed by atoms with E-state index in [4.69, 9.17) is 0 Å². The third-order valence-corrected chi connectivity index (χ3v) is 5.61. The highest BCUT2D eigenvalue weighted by atomic mass is 32.2. The Kier molecular flexibility index (Phi) is 6.70. The van der Waals surface area contributed by atoms with Crippen molar-refractivity contribution in [3.8, 4) is 0 Å². The van der Waals surface area contributed by atoms with E-state index >= 15 is 0 Å². The summed E-state index contributed by atoms with van der Waals surface area (Å²) in [7, 11) is 0. The van der Waals surface area contributed by atoms with Gasteiger partial charge in [-0.25, -0.2) is 0 Å². The molecule has 0 saturated carbocycles. The van der Waals surface area contributed by atoms with Crippen molar-refractivity contribution in [2.24, 2.45) is 5.92 Å². The molecule has 3 aromatic rings. The minimum absolute atomic E-state index is 0.885. The molecule has 0 unspecified atom stereocenters. The molecule has 1 aromatic heterocycles. The summed E-state index contributed by atoms with van der Waals surface area (Å²) in [6, 6.07) is 17.4. The molecule has 1 saturated heterocycles. The van der Waals surface area contributed by atoms with Crippen molar-refractivity contribution in [1.82, 2.24) is 9.88 Å². The number of rotatable bonds is 3. The second-order valence-electron chi connectivity index (χ2n) is 7.20. The quantitative estimate of drug-likeness (QED) is 0.547. The molecule has 3 heteroatoms. The van der Waals surface area contributed by atoms with Crippen molar-refractivity contribution in [2.45, 2.75) is 31.7 Å². The predicted molar refractivity (Wildman–Crippen MR) is 114 cm³/mol. The van der Waals surface area contributed by atoms with E-state index in [0.29, 0.717) is 0 Å². The van der Waals surface area contributed by atoms with Gasteiger partial charge in [-0.05, 0) is 61.2 Å². The molecule has 2 aromatic carbocycles. The second-order valence-corrected chi connectivity index (χ2v) is 8.08. The molecule has 1 fully saturated rings. The van der Waals surface area contributed by atoms with Gasteiger partial charge in [0.1, 0.15) is 0 Å². The zero-order valence-electron chi connectivity index (χ0n) is 16.0. The minimum Gasteiger partial charge on any atom is -0.299 e. The predicted octanol–water partition coefficient (Wildman–Crippen LogP) is 5.79. The van der Waals surface area contributed by atoms with Crippen LogP contribution in [0.4, 0.5) is 0 Å². The molecular weight excluding hydrogens is 336 g/mol. The van der Waals surface area contributed by atoms with Gasteiger partial charge in [0.05, 0.1) is 0 Å². The first-order valence-electron chi connectivity index (χ1n) is 9.29. The molecule has 0 amide bonds. The zero-order chi connectivity index (χ0) is 18.4. The number of thioether (sulfide) groups is 1. The van der Waals surface area contributed by atoms with E-state index < -0.39 is 0 Å². The van der Waals surface area contributed by atoms with Crippen molar-refractivity contribution in [3.05, 3.63) is 72.1 Å². The summed E-state index contributed by atoms with van der Waals surface area (Å²) < 4.78 is 0. The number of aryl methyl sites for hydroxylation is 1. The second kappa shape index (κ2) is 9.20. The van der Waals surface area contributed by atoms with E-state index in [1.54, 1.807) is 0 Å². The highest BCUT2D eigenvalue weighted by Gasteiger charge is 2.18. The number of fused-ring (bicyclic) bond motifs is 1. The highest BCUT2D eigenvalue weighted by molar-refractivity contribution is 7.98. The van der Waals surface area contributed by atoms with Crippen molar-refractivity contribution in [2.75, 3.05) is 19.3 Å².